The van der Waals surface area contributed by atoms with Crippen LogP contribution in [-0.4, -0.2) is 78.4 Å². The Labute approximate surface area is 184 Å². The first-order valence-corrected chi connectivity index (χ1v) is 11.4. The Bertz CT molecular complexity index is 944. The summed E-state index contributed by atoms with van der Waals surface area (Å²) in [7, 11) is 0. The maximum atomic E-state index is 13.2. The van der Waals surface area contributed by atoms with Gasteiger partial charge >= 0.3 is 0 Å². The van der Waals surface area contributed by atoms with Crippen LogP contribution in [0.25, 0.3) is 10.2 Å². The van der Waals surface area contributed by atoms with Gasteiger partial charge in [0.1, 0.15) is 19.8 Å². The number of rotatable bonds is 8. The average molecular weight is 447 g/mol. The van der Waals surface area contributed by atoms with Gasteiger partial charge in [-0.1, -0.05) is 25.2 Å². The highest BCUT2D eigenvalue weighted by Gasteiger charge is 2.33. The summed E-state index contributed by atoms with van der Waals surface area (Å²) in [4.78, 5) is 46.7. The second kappa shape index (κ2) is 9.19. The second-order valence-corrected chi connectivity index (χ2v) is 8.42. The Balaban J connectivity index is 1.62. The van der Waals surface area contributed by atoms with Crippen LogP contribution < -0.4 is 14.4 Å². The normalized spacial score (nSPS) is 15.9. The summed E-state index contributed by atoms with van der Waals surface area (Å²) in [6.45, 7) is 7.68. The molecule has 1 aromatic heterocycles. The third-order valence-corrected chi connectivity index (χ3v) is 6.60. The summed E-state index contributed by atoms with van der Waals surface area (Å²) in [5, 5.41) is 0.536. The lowest BCUT2D eigenvalue weighted by Gasteiger charge is -2.26. The summed E-state index contributed by atoms with van der Waals surface area (Å²) < 4.78 is 12.2. The third kappa shape index (κ3) is 4.49. The number of carbonyl (C=O) groups excluding carboxylic acids is 3. The van der Waals surface area contributed by atoms with Gasteiger partial charge in [0.15, 0.2) is 16.6 Å². The van der Waals surface area contributed by atoms with E-state index in [1.165, 1.54) is 11.3 Å². The molecule has 0 radical (unpaired) electrons. The van der Waals surface area contributed by atoms with E-state index in [0.29, 0.717) is 42.9 Å². The van der Waals surface area contributed by atoms with Crippen molar-refractivity contribution >= 4 is 44.4 Å². The zero-order valence-corrected chi connectivity index (χ0v) is 18.6. The largest absolute Gasteiger partial charge is 0.486 e. The van der Waals surface area contributed by atoms with Crippen LogP contribution in [0.1, 0.15) is 26.7 Å². The number of fused-ring (bicyclic) bond motifs is 2. The van der Waals surface area contributed by atoms with E-state index < -0.39 is 0 Å². The number of imide groups is 1. The average Bonchev–Trinajstić information content (AvgIpc) is 3.32. The van der Waals surface area contributed by atoms with Crippen molar-refractivity contribution < 1.29 is 23.9 Å². The lowest BCUT2D eigenvalue weighted by atomic mass is 10.3. The van der Waals surface area contributed by atoms with Crippen molar-refractivity contribution in [1.82, 2.24) is 14.8 Å². The zero-order valence-electron chi connectivity index (χ0n) is 17.8. The number of benzene rings is 1. The number of ether oxygens (including phenoxy) is 2. The summed E-state index contributed by atoms with van der Waals surface area (Å²) >= 11 is 1.38. The molecule has 1 fully saturated rings. The summed E-state index contributed by atoms with van der Waals surface area (Å²) in [6.07, 6.45) is 0.330. The van der Waals surface area contributed by atoms with Crippen LogP contribution in [-0.2, 0) is 14.4 Å². The molecule has 0 aliphatic carbocycles. The van der Waals surface area contributed by atoms with Crippen molar-refractivity contribution in [3.8, 4) is 11.5 Å². The van der Waals surface area contributed by atoms with Crippen molar-refractivity contribution in [2.45, 2.75) is 26.7 Å². The minimum absolute atomic E-state index is 0.165. The van der Waals surface area contributed by atoms with Gasteiger partial charge < -0.3 is 14.4 Å². The summed E-state index contributed by atoms with van der Waals surface area (Å²) in [5.74, 6) is 0.404. The number of aromatic nitrogens is 1. The van der Waals surface area contributed by atoms with Gasteiger partial charge in [-0.25, -0.2) is 4.98 Å². The monoisotopic (exact) mass is 446 g/mol. The van der Waals surface area contributed by atoms with E-state index in [0.717, 1.165) is 28.2 Å². The molecule has 0 N–H and O–H groups in total. The fraction of sp³-hybridized carbons (Fsp3) is 0.524. The highest BCUT2D eigenvalue weighted by molar-refractivity contribution is 7.22. The number of hydrogen-bond acceptors (Lipinski definition) is 8. The van der Waals surface area contributed by atoms with E-state index in [9.17, 15) is 14.4 Å². The van der Waals surface area contributed by atoms with Crippen LogP contribution in [0, 0.1) is 0 Å². The van der Waals surface area contributed by atoms with Crippen molar-refractivity contribution in [3.05, 3.63) is 12.1 Å². The Morgan fingerprint density at radius 1 is 1.06 bits per heavy atom. The van der Waals surface area contributed by atoms with Crippen LogP contribution in [0.2, 0.25) is 0 Å². The Kier molecular flexibility index (Phi) is 6.38. The molecule has 31 heavy (non-hydrogen) atoms. The molecule has 2 aliphatic rings. The molecule has 0 unspecified atom stereocenters. The Hall–Kier alpha value is -2.72. The molecule has 3 amide bonds. The number of likely N-dealkylation sites (N-methyl/N-ethyl adjacent to an activating group) is 1. The first-order valence-electron chi connectivity index (χ1n) is 10.6. The summed E-state index contributed by atoms with van der Waals surface area (Å²) in [6, 6.07) is 3.70. The van der Waals surface area contributed by atoms with E-state index in [1.54, 1.807) is 4.90 Å². The number of nitrogens with zero attached hydrogens (tertiary/aromatic N) is 4. The van der Waals surface area contributed by atoms with E-state index >= 15 is 0 Å². The zero-order chi connectivity index (χ0) is 22.0. The lowest BCUT2D eigenvalue weighted by Crippen LogP contribution is -2.45. The molecule has 4 rings (SSSR count). The fourth-order valence-corrected chi connectivity index (χ4v) is 4.72. The van der Waals surface area contributed by atoms with Gasteiger partial charge in [0.25, 0.3) is 0 Å². The Morgan fingerprint density at radius 2 is 1.71 bits per heavy atom. The van der Waals surface area contributed by atoms with Crippen molar-refractivity contribution in [1.29, 1.82) is 0 Å². The second-order valence-electron chi connectivity index (χ2n) is 7.41. The molecule has 9 nitrogen and oxygen atoms in total. The standard InChI is InChI=1S/C21H26N4O5S/c1-3-23(4-2)7-8-24(20(28)13-25-18(26)5-6-19(25)27)21-22-14-11-15-16(12-17(14)31-21)30-10-9-29-15/h11-12H,3-10,13H2,1-2H3. The quantitative estimate of drug-likeness (QED) is 0.572. The molecule has 1 saturated heterocycles. The van der Waals surface area contributed by atoms with Crippen LogP contribution >= 0.6 is 11.3 Å². The molecule has 0 bridgehead atoms. The smallest absolute Gasteiger partial charge is 0.248 e. The predicted molar refractivity (Wildman–Crippen MR) is 117 cm³/mol. The summed E-state index contributed by atoms with van der Waals surface area (Å²) in [5.41, 5.74) is 0.721. The lowest BCUT2D eigenvalue weighted by molar-refractivity contribution is -0.141. The molecule has 0 saturated carbocycles. The minimum Gasteiger partial charge on any atom is -0.486 e. The van der Waals surface area contributed by atoms with E-state index in [2.05, 4.69) is 23.7 Å². The van der Waals surface area contributed by atoms with Crippen LogP contribution in [0.15, 0.2) is 12.1 Å². The molecule has 0 atom stereocenters. The first kappa shape index (κ1) is 21.5. The number of carbonyl (C=O) groups is 3. The molecular formula is C21H26N4O5S. The number of hydrogen-bond donors (Lipinski definition) is 0. The molecular weight excluding hydrogens is 420 g/mol. The molecule has 0 spiro atoms. The van der Waals surface area contributed by atoms with Gasteiger partial charge in [0.05, 0.1) is 10.2 Å². The number of likely N-dealkylation sites (tertiary alicyclic amines) is 1. The fourth-order valence-electron chi connectivity index (χ4n) is 3.70. The minimum atomic E-state index is -0.313. The van der Waals surface area contributed by atoms with E-state index in [1.807, 2.05) is 12.1 Å². The van der Waals surface area contributed by atoms with Gasteiger partial charge in [0, 0.05) is 38.1 Å². The number of amides is 3. The van der Waals surface area contributed by atoms with Gasteiger partial charge in [-0.15, -0.1) is 0 Å². The van der Waals surface area contributed by atoms with Crippen molar-refractivity contribution in [2.24, 2.45) is 0 Å². The van der Waals surface area contributed by atoms with Gasteiger partial charge in [-0.05, 0) is 13.1 Å². The molecule has 166 valence electrons. The number of thiazole rings is 1. The van der Waals surface area contributed by atoms with Crippen molar-refractivity contribution in [2.75, 3.05) is 50.8 Å². The molecule has 2 aromatic rings. The van der Waals surface area contributed by atoms with Gasteiger partial charge in [-0.3, -0.25) is 24.2 Å². The van der Waals surface area contributed by atoms with Gasteiger partial charge in [0.2, 0.25) is 17.7 Å². The molecule has 10 heteroatoms. The Morgan fingerprint density at radius 3 is 2.35 bits per heavy atom. The van der Waals surface area contributed by atoms with Gasteiger partial charge in [-0.2, -0.15) is 0 Å². The molecule has 1 aromatic carbocycles. The van der Waals surface area contributed by atoms with E-state index in [-0.39, 0.29) is 37.1 Å². The molecule has 2 aliphatic heterocycles. The highest BCUT2D eigenvalue weighted by atomic mass is 32.1. The molecule has 3 heterocycles. The maximum absolute atomic E-state index is 13.2. The highest BCUT2D eigenvalue weighted by Crippen LogP contribution is 2.38. The maximum Gasteiger partial charge on any atom is 0.248 e. The van der Waals surface area contributed by atoms with E-state index in [4.69, 9.17) is 9.47 Å². The third-order valence-electron chi connectivity index (χ3n) is 5.56. The van der Waals surface area contributed by atoms with Crippen LogP contribution in [0.5, 0.6) is 11.5 Å². The first-order chi connectivity index (χ1) is 15.0. The predicted octanol–water partition coefficient (Wildman–Crippen LogP) is 1.89. The topological polar surface area (TPSA) is 92.3 Å². The SMILES string of the molecule is CCN(CC)CCN(C(=O)CN1C(=O)CCC1=O)c1nc2cc3c(cc2s1)OCCO3. The van der Waals surface area contributed by atoms with Crippen LogP contribution in [0.3, 0.4) is 0 Å². The number of anilines is 1. The van der Waals surface area contributed by atoms with Crippen LogP contribution in [0.4, 0.5) is 5.13 Å². The van der Waals surface area contributed by atoms with Crippen molar-refractivity contribution in [3.63, 3.8) is 0 Å².